The summed E-state index contributed by atoms with van der Waals surface area (Å²) < 4.78 is 7.99. The van der Waals surface area contributed by atoms with Gasteiger partial charge in [0.05, 0.1) is 23.6 Å². The summed E-state index contributed by atoms with van der Waals surface area (Å²) in [5.41, 5.74) is 6.79. The summed E-state index contributed by atoms with van der Waals surface area (Å²) in [5, 5.41) is 16.2. The van der Waals surface area contributed by atoms with E-state index in [1.807, 2.05) is 63.2 Å². The molecule has 1 amide bonds. The highest BCUT2D eigenvalue weighted by molar-refractivity contribution is 9.10. The fourth-order valence-corrected chi connectivity index (χ4v) is 3.81. The zero-order valence-electron chi connectivity index (χ0n) is 17.7. The Bertz CT molecular complexity index is 1280. The molecular formula is C23H22BrN5O2. The second-order valence-electron chi connectivity index (χ2n) is 7.40. The second kappa shape index (κ2) is 8.56. The van der Waals surface area contributed by atoms with Crippen LogP contribution in [0.4, 0.5) is 5.69 Å². The Morgan fingerprint density at radius 3 is 2.52 bits per heavy atom. The van der Waals surface area contributed by atoms with Gasteiger partial charge in [0, 0.05) is 17.3 Å². The number of ether oxygens (including phenoxy) is 1. The summed E-state index contributed by atoms with van der Waals surface area (Å²) in [5.74, 6) is -0.326. The zero-order chi connectivity index (χ0) is 22.1. The SMILES string of the molecule is COCc1nn2c(C)c(C(=O)Nc3ccc(C)cc3C)nnc2c1-c1ccc(Br)cc1. The Balaban J connectivity index is 1.78. The molecule has 0 saturated heterocycles. The molecule has 0 atom stereocenters. The lowest BCUT2D eigenvalue weighted by Crippen LogP contribution is -2.19. The first-order valence-electron chi connectivity index (χ1n) is 9.77. The van der Waals surface area contributed by atoms with E-state index in [1.165, 1.54) is 0 Å². The lowest BCUT2D eigenvalue weighted by molar-refractivity contribution is 0.102. The number of methoxy groups -OCH3 is 1. The van der Waals surface area contributed by atoms with Crippen molar-refractivity contribution in [3.05, 3.63) is 75.1 Å². The molecule has 0 aliphatic rings. The highest BCUT2D eigenvalue weighted by Gasteiger charge is 2.22. The fraction of sp³-hybridized carbons (Fsp3) is 0.217. The summed E-state index contributed by atoms with van der Waals surface area (Å²) in [7, 11) is 1.62. The molecule has 0 saturated carbocycles. The molecule has 7 nitrogen and oxygen atoms in total. The summed E-state index contributed by atoms with van der Waals surface area (Å²) in [6.07, 6.45) is 0. The number of amides is 1. The smallest absolute Gasteiger partial charge is 0.278 e. The van der Waals surface area contributed by atoms with Crippen LogP contribution in [-0.2, 0) is 11.3 Å². The fourth-order valence-electron chi connectivity index (χ4n) is 3.54. The van der Waals surface area contributed by atoms with E-state index in [4.69, 9.17) is 4.74 Å². The number of aromatic nitrogens is 4. The number of nitrogens with one attached hydrogen (secondary N) is 1. The Morgan fingerprint density at radius 1 is 1.10 bits per heavy atom. The van der Waals surface area contributed by atoms with Crippen LogP contribution in [0.15, 0.2) is 46.9 Å². The number of carbonyl (C=O) groups excluding carboxylic acids is 1. The molecule has 0 aliphatic heterocycles. The first-order valence-corrected chi connectivity index (χ1v) is 10.6. The van der Waals surface area contributed by atoms with Crippen molar-refractivity contribution in [1.82, 2.24) is 19.8 Å². The highest BCUT2D eigenvalue weighted by Crippen LogP contribution is 2.30. The number of rotatable bonds is 5. The number of carbonyl (C=O) groups is 1. The van der Waals surface area contributed by atoms with Crippen LogP contribution in [0.1, 0.15) is 33.0 Å². The third kappa shape index (κ3) is 4.08. The first-order chi connectivity index (χ1) is 14.9. The van der Waals surface area contributed by atoms with E-state index in [9.17, 15) is 4.79 Å². The highest BCUT2D eigenvalue weighted by atomic mass is 79.9. The molecule has 31 heavy (non-hydrogen) atoms. The van der Waals surface area contributed by atoms with Crippen molar-refractivity contribution in [3.8, 4) is 11.1 Å². The minimum atomic E-state index is -0.326. The lowest BCUT2D eigenvalue weighted by atomic mass is 10.1. The van der Waals surface area contributed by atoms with E-state index in [0.29, 0.717) is 17.9 Å². The van der Waals surface area contributed by atoms with Crippen LogP contribution < -0.4 is 5.32 Å². The number of fused-ring (bicyclic) bond motifs is 1. The Labute approximate surface area is 188 Å². The Kier molecular flexibility index (Phi) is 5.84. The van der Waals surface area contributed by atoms with Gasteiger partial charge in [-0.2, -0.15) is 5.10 Å². The largest absolute Gasteiger partial charge is 0.378 e. The molecule has 2 heterocycles. The number of nitrogens with zero attached hydrogens (tertiary/aromatic N) is 4. The number of hydrogen-bond donors (Lipinski definition) is 1. The van der Waals surface area contributed by atoms with Gasteiger partial charge >= 0.3 is 0 Å². The van der Waals surface area contributed by atoms with E-state index in [1.54, 1.807) is 11.6 Å². The van der Waals surface area contributed by atoms with E-state index in [2.05, 4.69) is 36.5 Å². The maximum absolute atomic E-state index is 13.0. The molecule has 0 bridgehead atoms. The van der Waals surface area contributed by atoms with Gasteiger partial charge in [0.2, 0.25) is 0 Å². The van der Waals surface area contributed by atoms with E-state index in [-0.39, 0.29) is 11.6 Å². The van der Waals surface area contributed by atoms with Gasteiger partial charge in [0.25, 0.3) is 5.91 Å². The van der Waals surface area contributed by atoms with Gasteiger partial charge in [-0.3, -0.25) is 4.79 Å². The molecule has 0 radical (unpaired) electrons. The average molecular weight is 480 g/mol. The topological polar surface area (TPSA) is 81.4 Å². The minimum Gasteiger partial charge on any atom is -0.378 e. The normalized spacial score (nSPS) is 11.1. The maximum Gasteiger partial charge on any atom is 0.278 e. The van der Waals surface area contributed by atoms with Crippen LogP contribution in [0.2, 0.25) is 0 Å². The average Bonchev–Trinajstić information content (AvgIpc) is 3.10. The maximum atomic E-state index is 13.0. The quantitative estimate of drug-likeness (QED) is 0.441. The standard InChI is InChI=1S/C23H22BrN5O2/c1-13-5-10-18(14(2)11-13)25-23(30)21-15(3)29-22(27-26-21)20(19(28-29)12-31-4)16-6-8-17(24)9-7-16/h5-11H,12H2,1-4H3,(H,25,30). The zero-order valence-corrected chi connectivity index (χ0v) is 19.3. The van der Waals surface area contributed by atoms with Gasteiger partial charge in [-0.25, -0.2) is 4.52 Å². The Morgan fingerprint density at radius 2 is 1.84 bits per heavy atom. The molecule has 0 spiro atoms. The predicted molar refractivity (Wildman–Crippen MR) is 123 cm³/mol. The predicted octanol–water partition coefficient (Wildman–Crippen LogP) is 4.88. The summed E-state index contributed by atoms with van der Waals surface area (Å²) in [6, 6.07) is 13.8. The van der Waals surface area contributed by atoms with Crippen molar-refractivity contribution in [2.45, 2.75) is 27.4 Å². The van der Waals surface area contributed by atoms with Gasteiger partial charge in [-0.1, -0.05) is 45.8 Å². The molecular weight excluding hydrogens is 458 g/mol. The van der Waals surface area contributed by atoms with Gasteiger partial charge in [-0.05, 0) is 50.1 Å². The van der Waals surface area contributed by atoms with Crippen molar-refractivity contribution < 1.29 is 9.53 Å². The molecule has 4 aromatic rings. The van der Waals surface area contributed by atoms with Crippen LogP contribution in [0.3, 0.4) is 0 Å². The number of anilines is 1. The van der Waals surface area contributed by atoms with Gasteiger partial charge in [-0.15, -0.1) is 10.2 Å². The third-order valence-electron chi connectivity index (χ3n) is 5.10. The molecule has 4 rings (SSSR count). The number of halogens is 1. The second-order valence-corrected chi connectivity index (χ2v) is 8.32. The molecule has 2 aromatic heterocycles. The van der Waals surface area contributed by atoms with Gasteiger partial charge < -0.3 is 10.1 Å². The van der Waals surface area contributed by atoms with E-state index >= 15 is 0 Å². The minimum absolute atomic E-state index is 0.223. The number of benzene rings is 2. The Hall–Kier alpha value is -3.10. The summed E-state index contributed by atoms with van der Waals surface area (Å²) >= 11 is 3.46. The van der Waals surface area contributed by atoms with E-state index < -0.39 is 0 Å². The molecule has 158 valence electrons. The third-order valence-corrected chi connectivity index (χ3v) is 5.63. The molecule has 0 aliphatic carbocycles. The summed E-state index contributed by atoms with van der Waals surface area (Å²) in [4.78, 5) is 13.0. The van der Waals surface area contributed by atoms with Gasteiger partial charge in [0.1, 0.15) is 0 Å². The van der Waals surface area contributed by atoms with Gasteiger partial charge in [0.15, 0.2) is 11.3 Å². The molecule has 0 unspecified atom stereocenters. The van der Waals surface area contributed by atoms with Crippen LogP contribution in [0.5, 0.6) is 0 Å². The van der Waals surface area contributed by atoms with Crippen LogP contribution >= 0.6 is 15.9 Å². The molecule has 8 heteroatoms. The summed E-state index contributed by atoms with van der Waals surface area (Å²) in [6.45, 7) is 6.10. The monoisotopic (exact) mass is 479 g/mol. The van der Waals surface area contributed by atoms with Crippen molar-refractivity contribution in [2.24, 2.45) is 0 Å². The van der Waals surface area contributed by atoms with E-state index in [0.717, 1.165) is 38.1 Å². The van der Waals surface area contributed by atoms with Crippen molar-refractivity contribution in [3.63, 3.8) is 0 Å². The molecule has 1 N–H and O–H groups in total. The van der Waals surface area contributed by atoms with Crippen molar-refractivity contribution >= 4 is 33.2 Å². The lowest BCUT2D eigenvalue weighted by Gasteiger charge is -2.10. The number of hydrogen-bond acceptors (Lipinski definition) is 5. The molecule has 0 fully saturated rings. The van der Waals surface area contributed by atoms with Crippen molar-refractivity contribution in [2.75, 3.05) is 12.4 Å². The van der Waals surface area contributed by atoms with Crippen LogP contribution in [0.25, 0.3) is 16.8 Å². The van der Waals surface area contributed by atoms with Crippen molar-refractivity contribution in [1.29, 1.82) is 0 Å². The first kappa shape index (κ1) is 21.1. The molecule has 2 aromatic carbocycles. The van der Waals surface area contributed by atoms with Crippen LogP contribution in [-0.4, -0.2) is 32.8 Å². The van der Waals surface area contributed by atoms with Crippen LogP contribution in [0, 0.1) is 20.8 Å². The number of aryl methyl sites for hydroxylation is 3.